The smallest absolute Gasteiger partial charge is 0.338 e. The van der Waals surface area contributed by atoms with Crippen LogP contribution in [0.4, 0.5) is 5.00 Å². The van der Waals surface area contributed by atoms with Gasteiger partial charge in [-0.05, 0) is 23.6 Å². The van der Waals surface area contributed by atoms with Crippen molar-refractivity contribution < 1.29 is 14.7 Å². The van der Waals surface area contributed by atoms with Crippen LogP contribution in [0.25, 0.3) is 0 Å². The highest BCUT2D eigenvalue weighted by atomic mass is 35.5. The van der Waals surface area contributed by atoms with Gasteiger partial charge >= 0.3 is 5.97 Å². The average molecular weight is 283 g/mol. The second-order valence-electron chi connectivity index (χ2n) is 3.27. The number of thiophene rings is 1. The van der Waals surface area contributed by atoms with Crippen LogP contribution >= 0.6 is 22.9 Å². The second kappa shape index (κ2) is 5.16. The summed E-state index contributed by atoms with van der Waals surface area (Å²) in [5.74, 6) is -1.59. The molecule has 0 aromatic carbocycles. The average Bonchev–Trinajstić information content (AvgIpc) is 2.77. The summed E-state index contributed by atoms with van der Waals surface area (Å²) in [6.07, 6.45) is 0. The molecule has 18 heavy (non-hydrogen) atoms. The fourth-order valence-corrected chi connectivity index (χ4v) is 2.21. The standard InChI is InChI=1S/C11H7ClN2O3S/c12-8-3-1-2-7(13-8)9(15)14-10-6(11(16)17)4-5-18-10/h1-5H,(H,14,15)(H,16,17). The minimum Gasteiger partial charge on any atom is -0.478 e. The molecule has 5 nitrogen and oxygen atoms in total. The number of carboxylic acids is 1. The minimum absolute atomic E-state index is 0.0513. The summed E-state index contributed by atoms with van der Waals surface area (Å²) in [5, 5.41) is 13.5. The molecule has 1 amide bonds. The number of aromatic carboxylic acids is 1. The summed E-state index contributed by atoms with van der Waals surface area (Å²) < 4.78 is 0. The van der Waals surface area contributed by atoms with Crippen molar-refractivity contribution in [1.82, 2.24) is 4.98 Å². The molecule has 2 aromatic rings. The molecule has 2 rings (SSSR count). The zero-order valence-electron chi connectivity index (χ0n) is 8.88. The number of aromatic nitrogens is 1. The lowest BCUT2D eigenvalue weighted by molar-refractivity contribution is 0.0698. The van der Waals surface area contributed by atoms with Crippen LogP contribution in [0, 0.1) is 0 Å². The fraction of sp³-hybridized carbons (Fsp3) is 0. The zero-order chi connectivity index (χ0) is 13.1. The number of pyridine rings is 1. The van der Waals surface area contributed by atoms with E-state index in [0.29, 0.717) is 0 Å². The van der Waals surface area contributed by atoms with E-state index in [1.54, 1.807) is 17.5 Å². The molecule has 0 aliphatic carbocycles. The summed E-state index contributed by atoms with van der Waals surface area (Å²) in [6.45, 7) is 0. The number of rotatable bonds is 3. The molecule has 0 fully saturated rings. The molecule has 0 saturated heterocycles. The quantitative estimate of drug-likeness (QED) is 0.849. The van der Waals surface area contributed by atoms with Crippen LogP contribution in [0.3, 0.4) is 0 Å². The lowest BCUT2D eigenvalue weighted by atomic mass is 10.3. The van der Waals surface area contributed by atoms with Crippen LogP contribution in [0.15, 0.2) is 29.6 Å². The van der Waals surface area contributed by atoms with Crippen molar-refractivity contribution in [2.45, 2.75) is 0 Å². The first-order valence-corrected chi connectivity index (χ1v) is 6.08. The summed E-state index contributed by atoms with van der Waals surface area (Å²) in [4.78, 5) is 26.5. The predicted molar refractivity (Wildman–Crippen MR) is 68.5 cm³/mol. The Bertz CT molecular complexity index is 612. The molecule has 0 bridgehead atoms. The Morgan fingerprint density at radius 2 is 2.11 bits per heavy atom. The molecule has 0 unspecified atom stereocenters. The monoisotopic (exact) mass is 282 g/mol. The Kier molecular flexibility index (Phi) is 3.59. The van der Waals surface area contributed by atoms with Crippen LogP contribution in [-0.4, -0.2) is 22.0 Å². The Labute approximate surface area is 111 Å². The molecule has 2 aromatic heterocycles. The Hall–Kier alpha value is -1.92. The van der Waals surface area contributed by atoms with Crippen LogP contribution in [0.1, 0.15) is 20.8 Å². The summed E-state index contributed by atoms with van der Waals surface area (Å²) >= 11 is 6.80. The van der Waals surface area contributed by atoms with Gasteiger partial charge in [0.25, 0.3) is 5.91 Å². The summed E-state index contributed by atoms with van der Waals surface area (Å²) in [7, 11) is 0. The number of anilines is 1. The third-order valence-corrected chi connectivity index (χ3v) is 3.11. The van der Waals surface area contributed by atoms with Gasteiger partial charge in [0, 0.05) is 0 Å². The molecular weight excluding hydrogens is 276 g/mol. The molecule has 0 atom stereocenters. The third kappa shape index (κ3) is 2.66. The number of hydrogen-bond acceptors (Lipinski definition) is 4. The van der Waals surface area contributed by atoms with Crippen LogP contribution in [-0.2, 0) is 0 Å². The number of carbonyl (C=O) groups excluding carboxylic acids is 1. The highest BCUT2D eigenvalue weighted by Gasteiger charge is 2.15. The lowest BCUT2D eigenvalue weighted by Crippen LogP contribution is -2.14. The van der Waals surface area contributed by atoms with Crippen molar-refractivity contribution in [2.75, 3.05) is 5.32 Å². The molecule has 0 aliphatic heterocycles. The lowest BCUT2D eigenvalue weighted by Gasteiger charge is -2.03. The predicted octanol–water partition coefficient (Wildman–Crippen LogP) is 2.75. The van der Waals surface area contributed by atoms with Crippen molar-refractivity contribution in [1.29, 1.82) is 0 Å². The number of carbonyl (C=O) groups is 2. The van der Waals surface area contributed by atoms with Gasteiger partial charge in [0.2, 0.25) is 0 Å². The largest absolute Gasteiger partial charge is 0.478 e. The first-order chi connectivity index (χ1) is 8.58. The maximum atomic E-state index is 11.8. The zero-order valence-corrected chi connectivity index (χ0v) is 10.5. The first-order valence-electron chi connectivity index (χ1n) is 4.82. The van der Waals surface area contributed by atoms with Gasteiger partial charge in [-0.25, -0.2) is 9.78 Å². The third-order valence-electron chi connectivity index (χ3n) is 2.07. The van der Waals surface area contributed by atoms with Gasteiger partial charge in [0.1, 0.15) is 15.8 Å². The Morgan fingerprint density at radius 1 is 1.33 bits per heavy atom. The highest BCUT2D eigenvalue weighted by Crippen LogP contribution is 2.23. The van der Waals surface area contributed by atoms with E-state index in [4.69, 9.17) is 16.7 Å². The first kappa shape index (κ1) is 12.5. The van der Waals surface area contributed by atoms with Crippen molar-refractivity contribution in [3.8, 4) is 0 Å². The van der Waals surface area contributed by atoms with Gasteiger partial charge in [0.15, 0.2) is 0 Å². The SMILES string of the molecule is O=C(Nc1sccc1C(=O)O)c1cccc(Cl)n1. The van der Waals surface area contributed by atoms with Gasteiger partial charge in [-0.2, -0.15) is 0 Å². The summed E-state index contributed by atoms with van der Waals surface area (Å²) in [6, 6.07) is 6.06. The van der Waals surface area contributed by atoms with Crippen LogP contribution in [0.5, 0.6) is 0 Å². The van der Waals surface area contributed by atoms with Crippen molar-refractivity contribution >= 4 is 39.8 Å². The minimum atomic E-state index is -1.09. The maximum Gasteiger partial charge on any atom is 0.338 e. The van der Waals surface area contributed by atoms with Crippen molar-refractivity contribution in [2.24, 2.45) is 0 Å². The fourth-order valence-electron chi connectivity index (χ4n) is 1.28. The normalized spacial score (nSPS) is 10.1. The van der Waals surface area contributed by atoms with Gasteiger partial charge in [0.05, 0.1) is 5.56 Å². The Balaban J connectivity index is 2.21. The molecule has 7 heteroatoms. The molecule has 92 valence electrons. The maximum absolute atomic E-state index is 11.8. The summed E-state index contributed by atoms with van der Waals surface area (Å²) in [5.41, 5.74) is 0.183. The van der Waals surface area contributed by atoms with Crippen LogP contribution < -0.4 is 5.32 Å². The number of carboxylic acid groups (broad SMARTS) is 1. The molecule has 0 spiro atoms. The molecule has 0 saturated carbocycles. The van der Waals surface area contributed by atoms with E-state index in [1.165, 1.54) is 12.1 Å². The highest BCUT2D eigenvalue weighted by molar-refractivity contribution is 7.14. The van der Waals surface area contributed by atoms with E-state index < -0.39 is 11.9 Å². The second-order valence-corrected chi connectivity index (χ2v) is 4.57. The molecular formula is C11H7ClN2O3S. The number of nitrogens with one attached hydrogen (secondary N) is 1. The molecule has 2 N–H and O–H groups in total. The van der Waals surface area contributed by atoms with Crippen molar-refractivity contribution in [3.63, 3.8) is 0 Å². The van der Waals surface area contributed by atoms with E-state index in [9.17, 15) is 9.59 Å². The number of nitrogens with zero attached hydrogens (tertiary/aromatic N) is 1. The Morgan fingerprint density at radius 3 is 2.78 bits per heavy atom. The van der Waals surface area contributed by atoms with E-state index in [-0.39, 0.29) is 21.4 Å². The number of amides is 1. The van der Waals surface area contributed by atoms with Gasteiger partial charge in [-0.1, -0.05) is 17.7 Å². The van der Waals surface area contributed by atoms with Gasteiger partial charge < -0.3 is 10.4 Å². The molecule has 2 heterocycles. The number of hydrogen-bond donors (Lipinski definition) is 2. The van der Waals surface area contributed by atoms with Crippen molar-refractivity contribution in [3.05, 3.63) is 46.1 Å². The van der Waals surface area contributed by atoms with Gasteiger partial charge in [-0.15, -0.1) is 11.3 Å². The topological polar surface area (TPSA) is 79.3 Å². The van der Waals surface area contributed by atoms with E-state index in [2.05, 4.69) is 10.3 Å². The molecule has 0 radical (unpaired) electrons. The molecule has 0 aliphatic rings. The number of halogens is 1. The van der Waals surface area contributed by atoms with Crippen LogP contribution in [0.2, 0.25) is 5.15 Å². The van der Waals surface area contributed by atoms with E-state index in [1.807, 2.05) is 0 Å². The van der Waals surface area contributed by atoms with Gasteiger partial charge in [-0.3, -0.25) is 4.79 Å². The van der Waals surface area contributed by atoms with E-state index >= 15 is 0 Å². The van der Waals surface area contributed by atoms with E-state index in [0.717, 1.165) is 11.3 Å².